The van der Waals surface area contributed by atoms with Crippen molar-refractivity contribution in [1.82, 2.24) is 16.0 Å². The predicted octanol–water partition coefficient (Wildman–Crippen LogP) is 7.52. The van der Waals surface area contributed by atoms with Crippen LogP contribution in [0.1, 0.15) is 114 Å². The standard InChI is InChI=1S/C47H58N4O13/c1-45(2,3)64-44(57)49-24-12-10-13-35(43(56)48-23-11-8-9-14-36(52)40-37(53)27-46(4,5)28-38(40)54)50-42(55)34-25-31(51(58)59)26-39-41(34)63-47(62-39,29-15-19-32(60-6)20-16-29)30-17-21-33(61-7)22-18-30/h15-22,25-26,35,52H,8-14,23-24,27-28H2,1-7H3,(H,48,56)(H,49,57)(H,50,55)/t35-/m0/s1. The van der Waals surface area contributed by atoms with Crippen LogP contribution in [0.4, 0.5) is 10.5 Å². The molecule has 3 aromatic carbocycles. The quantitative estimate of drug-likeness (QED) is 0.0228. The maximum Gasteiger partial charge on any atom is 0.407 e. The van der Waals surface area contributed by atoms with Gasteiger partial charge >= 0.3 is 11.9 Å². The molecule has 64 heavy (non-hydrogen) atoms. The van der Waals surface area contributed by atoms with E-state index in [1.54, 1.807) is 69.3 Å². The second-order valence-corrected chi connectivity index (χ2v) is 17.6. The minimum absolute atomic E-state index is 0.0806. The number of allylic oxidation sites excluding steroid dienone is 2. The number of aliphatic hydroxyl groups is 1. The van der Waals surface area contributed by atoms with Gasteiger partial charge in [0.2, 0.25) is 5.91 Å². The number of ketones is 2. The lowest BCUT2D eigenvalue weighted by atomic mass is 9.73. The van der Waals surface area contributed by atoms with E-state index >= 15 is 0 Å². The van der Waals surface area contributed by atoms with Crippen LogP contribution >= 0.6 is 0 Å². The summed E-state index contributed by atoms with van der Waals surface area (Å²) in [5.41, 5.74) is -1.00. The average molecular weight is 887 g/mol. The maximum absolute atomic E-state index is 14.3. The first kappa shape index (κ1) is 48.4. The van der Waals surface area contributed by atoms with E-state index in [0.29, 0.717) is 54.7 Å². The molecule has 1 saturated carbocycles. The summed E-state index contributed by atoms with van der Waals surface area (Å²) in [7, 11) is 3.04. The fourth-order valence-corrected chi connectivity index (χ4v) is 7.51. The number of methoxy groups -OCH3 is 2. The number of nitrogens with zero attached hydrogens (tertiary/aromatic N) is 1. The molecule has 0 aromatic heterocycles. The molecule has 1 atom stereocenters. The number of rotatable bonds is 19. The smallest absolute Gasteiger partial charge is 0.407 e. The Morgan fingerprint density at radius 2 is 1.39 bits per heavy atom. The van der Waals surface area contributed by atoms with Gasteiger partial charge in [-0.1, -0.05) is 20.3 Å². The van der Waals surface area contributed by atoms with Crippen molar-refractivity contribution in [2.75, 3.05) is 27.3 Å². The highest BCUT2D eigenvalue weighted by Crippen LogP contribution is 2.51. The molecule has 1 aliphatic heterocycles. The summed E-state index contributed by atoms with van der Waals surface area (Å²) in [5.74, 6) is -3.08. The van der Waals surface area contributed by atoms with E-state index in [-0.39, 0.29) is 78.7 Å². The van der Waals surface area contributed by atoms with Crippen LogP contribution in [0.3, 0.4) is 0 Å². The molecular formula is C47H58N4O13. The Balaban J connectivity index is 1.33. The zero-order valence-electron chi connectivity index (χ0n) is 37.4. The van der Waals surface area contributed by atoms with Gasteiger partial charge in [-0.3, -0.25) is 29.3 Å². The van der Waals surface area contributed by atoms with Gasteiger partial charge in [-0.05, 0) is 107 Å². The number of fused-ring (bicyclic) bond motifs is 1. The summed E-state index contributed by atoms with van der Waals surface area (Å²) in [5, 5.41) is 31.1. The van der Waals surface area contributed by atoms with Crippen molar-refractivity contribution >= 4 is 35.2 Å². The molecule has 17 nitrogen and oxygen atoms in total. The summed E-state index contributed by atoms with van der Waals surface area (Å²) < 4.78 is 29.1. The zero-order valence-corrected chi connectivity index (χ0v) is 37.4. The summed E-state index contributed by atoms with van der Waals surface area (Å²) in [6, 6.07) is 14.7. The number of carbonyl (C=O) groups excluding carboxylic acids is 5. The van der Waals surface area contributed by atoms with Gasteiger partial charge in [0.05, 0.1) is 36.3 Å². The van der Waals surface area contributed by atoms with Crippen LogP contribution in [-0.2, 0) is 24.9 Å². The van der Waals surface area contributed by atoms with E-state index in [2.05, 4.69) is 16.0 Å². The van der Waals surface area contributed by atoms with Crippen molar-refractivity contribution in [1.29, 1.82) is 0 Å². The van der Waals surface area contributed by atoms with Crippen LogP contribution < -0.4 is 34.9 Å². The van der Waals surface area contributed by atoms with Gasteiger partial charge < -0.3 is 44.7 Å². The molecule has 4 N–H and O–H groups in total. The van der Waals surface area contributed by atoms with Gasteiger partial charge in [-0.25, -0.2) is 4.79 Å². The first-order chi connectivity index (χ1) is 30.3. The van der Waals surface area contributed by atoms with Crippen LogP contribution in [0.2, 0.25) is 0 Å². The second-order valence-electron chi connectivity index (χ2n) is 17.6. The number of aliphatic hydroxyl groups excluding tert-OH is 1. The molecule has 3 aromatic rings. The van der Waals surface area contributed by atoms with Crippen LogP contribution in [0.15, 0.2) is 72.0 Å². The number of hydrogen-bond acceptors (Lipinski definition) is 13. The Kier molecular flexibility index (Phi) is 15.6. The van der Waals surface area contributed by atoms with Crippen molar-refractivity contribution in [3.05, 3.63) is 98.8 Å². The molecule has 1 aliphatic carbocycles. The lowest BCUT2D eigenvalue weighted by molar-refractivity contribution is -0.385. The highest BCUT2D eigenvalue weighted by Gasteiger charge is 2.48. The lowest BCUT2D eigenvalue weighted by Crippen LogP contribution is -2.47. The fraction of sp³-hybridized carbons (Fsp3) is 0.468. The van der Waals surface area contributed by atoms with Gasteiger partial charge in [0.25, 0.3) is 11.6 Å². The molecule has 0 spiro atoms. The number of alkyl carbamates (subject to hydrolysis) is 1. The minimum Gasteiger partial charge on any atom is -0.511 e. The van der Waals surface area contributed by atoms with Crippen molar-refractivity contribution < 1.29 is 57.7 Å². The number of benzene rings is 3. The number of unbranched alkanes of at least 4 members (excludes halogenated alkanes) is 3. The molecule has 1 heterocycles. The predicted molar refractivity (Wildman–Crippen MR) is 235 cm³/mol. The number of nitro benzene ring substituents is 1. The third kappa shape index (κ3) is 12.3. The number of nitrogens with one attached hydrogen (secondary N) is 3. The van der Waals surface area contributed by atoms with Gasteiger partial charge in [0, 0.05) is 49.5 Å². The highest BCUT2D eigenvalue weighted by molar-refractivity contribution is 6.22. The molecule has 5 rings (SSSR count). The summed E-state index contributed by atoms with van der Waals surface area (Å²) in [4.78, 5) is 77.1. The number of amides is 3. The molecular weight excluding hydrogens is 829 g/mol. The van der Waals surface area contributed by atoms with E-state index in [4.69, 9.17) is 23.7 Å². The molecule has 17 heteroatoms. The molecule has 0 unspecified atom stereocenters. The fourth-order valence-electron chi connectivity index (χ4n) is 7.51. The van der Waals surface area contributed by atoms with Crippen molar-refractivity contribution in [2.24, 2.45) is 5.41 Å². The SMILES string of the molecule is COc1ccc(C2(c3ccc(OC)cc3)Oc3cc([N+](=O)[O-])cc(C(=O)N[C@@H](CCCCNC(=O)OC(C)(C)C)C(=O)NCCCCCC(O)=C4C(=O)CC(C)(C)CC4=O)c3O2)cc1. The van der Waals surface area contributed by atoms with E-state index in [1.165, 1.54) is 20.3 Å². The molecule has 0 radical (unpaired) electrons. The number of ether oxygens (including phenoxy) is 5. The van der Waals surface area contributed by atoms with E-state index in [9.17, 15) is 39.2 Å². The van der Waals surface area contributed by atoms with Gasteiger partial charge in [0.1, 0.15) is 28.9 Å². The Morgan fingerprint density at radius 3 is 1.94 bits per heavy atom. The number of hydrogen-bond donors (Lipinski definition) is 4. The van der Waals surface area contributed by atoms with Crippen LogP contribution in [0.5, 0.6) is 23.0 Å². The normalized spacial score (nSPS) is 15.5. The number of carbonyl (C=O) groups is 5. The Bertz CT molecular complexity index is 2180. The topological polar surface area (TPSA) is 231 Å². The van der Waals surface area contributed by atoms with Gasteiger partial charge in [0.15, 0.2) is 23.1 Å². The monoisotopic (exact) mass is 886 g/mol. The van der Waals surface area contributed by atoms with Crippen molar-refractivity contribution in [3.63, 3.8) is 0 Å². The molecule has 3 amide bonds. The first-order valence-corrected chi connectivity index (χ1v) is 21.3. The summed E-state index contributed by atoms with van der Waals surface area (Å²) in [6.45, 7) is 9.34. The Morgan fingerprint density at radius 1 is 0.828 bits per heavy atom. The molecule has 0 saturated heterocycles. The minimum atomic E-state index is -1.71. The number of Topliss-reactive ketones (excluding diaryl/α,β-unsaturated/α-hetero) is 2. The third-order valence-electron chi connectivity index (χ3n) is 10.7. The van der Waals surface area contributed by atoms with Crippen LogP contribution in [-0.4, -0.2) is 78.5 Å². The van der Waals surface area contributed by atoms with Gasteiger partial charge in [-0.15, -0.1) is 0 Å². The largest absolute Gasteiger partial charge is 0.511 e. The average Bonchev–Trinajstić information content (AvgIpc) is 3.63. The Labute approximate surface area is 372 Å². The number of non-ortho nitro benzene ring substituents is 1. The lowest BCUT2D eigenvalue weighted by Gasteiger charge is -2.29. The summed E-state index contributed by atoms with van der Waals surface area (Å²) >= 11 is 0. The van der Waals surface area contributed by atoms with E-state index < -0.39 is 51.4 Å². The third-order valence-corrected chi connectivity index (χ3v) is 10.7. The van der Waals surface area contributed by atoms with Crippen LogP contribution in [0, 0.1) is 15.5 Å². The molecule has 0 bridgehead atoms. The van der Waals surface area contributed by atoms with Crippen LogP contribution in [0.25, 0.3) is 0 Å². The van der Waals surface area contributed by atoms with Crippen molar-refractivity contribution in [3.8, 4) is 23.0 Å². The zero-order chi connectivity index (χ0) is 46.8. The Hall–Kier alpha value is -6.65. The molecule has 2 aliphatic rings. The number of nitro groups is 1. The van der Waals surface area contributed by atoms with E-state index in [1.807, 2.05) is 13.8 Å². The highest BCUT2D eigenvalue weighted by atomic mass is 16.7. The maximum atomic E-state index is 14.3. The van der Waals surface area contributed by atoms with Crippen molar-refractivity contribution in [2.45, 2.75) is 110 Å². The first-order valence-electron chi connectivity index (χ1n) is 21.3. The van der Waals surface area contributed by atoms with Gasteiger partial charge in [-0.2, -0.15) is 0 Å². The summed E-state index contributed by atoms with van der Waals surface area (Å²) in [6.07, 6.45) is 2.31. The van der Waals surface area contributed by atoms with E-state index in [0.717, 1.165) is 6.07 Å². The second kappa shape index (κ2) is 20.7. The molecule has 344 valence electrons. The molecule has 1 fully saturated rings.